The summed E-state index contributed by atoms with van der Waals surface area (Å²) < 4.78 is 14.2. The average Bonchev–Trinajstić information content (AvgIpc) is 2.81. The van der Waals surface area contributed by atoms with Crippen LogP contribution < -0.4 is 0 Å². The molecule has 1 aliphatic carbocycles. The molecule has 1 aromatic heterocycles. The lowest BCUT2D eigenvalue weighted by molar-refractivity contribution is 0.212. The molecular weight excluding hydrogens is 247 g/mol. The van der Waals surface area contributed by atoms with Crippen LogP contribution in [-0.4, -0.2) is 5.11 Å². The minimum absolute atomic E-state index is 0.224. The van der Waals surface area contributed by atoms with Gasteiger partial charge in [-0.05, 0) is 60.9 Å². The van der Waals surface area contributed by atoms with Crippen LogP contribution in [-0.2, 0) is 0 Å². The highest BCUT2D eigenvalue weighted by molar-refractivity contribution is 7.19. The molecule has 1 atom stereocenters. The van der Waals surface area contributed by atoms with Crippen molar-refractivity contribution in [3.05, 3.63) is 46.6 Å². The number of aliphatic hydroxyl groups excluding tert-OH is 1. The number of aliphatic hydroxyl groups is 1. The van der Waals surface area contributed by atoms with Gasteiger partial charge in [-0.2, -0.15) is 0 Å². The van der Waals surface area contributed by atoms with Crippen LogP contribution >= 0.6 is 11.3 Å². The molecule has 0 amide bonds. The minimum Gasteiger partial charge on any atom is -0.383 e. The monoisotopic (exact) mass is 262 g/mol. The summed E-state index contributed by atoms with van der Waals surface area (Å²) in [7, 11) is 0. The Morgan fingerprint density at radius 1 is 1.22 bits per heavy atom. The molecule has 3 rings (SSSR count). The van der Waals surface area contributed by atoms with E-state index in [2.05, 4.69) is 6.08 Å². The molecule has 0 spiro atoms. The first kappa shape index (κ1) is 11.9. The van der Waals surface area contributed by atoms with E-state index in [1.807, 2.05) is 6.07 Å². The summed E-state index contributed by atoms with van der Waals surface area (Å²) in [6.07, 6.45) is 6.05. The summed E-state index contributed by atoms with van der Waals surface area (Å²) in [6.45, 7) is 0. The van der Waals surface area contributed by atoms with Gasteiger partial charge in [0.05, 0.1) is 0 Å². The van der Waals surface area contributed by atoms with E-state index in [1.165, 1.54) is 18.6 Å². The lowest BCUT2D eigenvalue weighted by Crippen LogP contribution is -2.02. The van der Waals surface area contributed by atoms with Crippen molar-refractivity contribution in [1.82, 2.24) is 0 Å². The Bertz CT molecular complexity index is 600. The van der Waals surface area contributed by atoms with Crippen molar-refractivity contribution < 1.29 is 9.50 Å². The molecule has 0 saturated heterocycles. The maximum atomic E-state index is 13.1. The number of allylic oxidation sites excluding steroid dienone is 1. The number of rotatable bonds is 2. The highest BCUT2D eigenvalue weighted by Gasteiger charge is 2.17. The Morgan fingerprint density at radius 2 is 2.11 bits per heavy atom. The maximum absolute atomic E-state index is 13.1. The third-order valence-electron chi connectivity index (χ3n) is 3.44. The van der Waals surface area contributed by atoms with Crippen molar-refractivity contribution in [2.75, 3.05) is 0 Å². The van der Waals surface area contributed by atoms with Crippen LogP contribution in [0.25, 0.3) is 10.1 Å². The van der Waals surface area contributed by atoms with Gasteiger partial charge in [0, 0.05) is 9.58 Å². The second-order valence-electron chi connectivity index (χ2n) is 4.76. The Morgan fingerprint density at radius 3 is 2.89 bits per heavy atom. The number of fused-ring (bicyclic) bond motifs is 1. The number of halogens is 1. The molecule has 1 unspecified atom stereocenters. The minimum atomic E-state index is -0.509. The summed E-state index contributed by atoms with van der Waals surface area (Å²) in [4.78, 5) is 0.920. The third-order valence-corrected chi connectivity index (χ3v) is 4.61. The second-order valence-corrected chi connectivity index (χ2v) is 5.87. The Labute approximate surface area is 110 Å². The Kier molecular flexibility index (Phi) is 3.18. The van der Waals surface area contributed by atoms with Crippen LogP contribution in [0, 0.1) is 5.82 Å². The van der Waals surface area contributed by atoms with Gasteiger partial charge in [0.1, 0.15) is 11.9 Å². The van der Waals surface area contributed by atoms with E-state index >= 15 is 0 Å². The van der Waals surface area contributed by atoms with E-state index in [-0.39, 0.29) is 5.82 Å². The first-order chi connectivity index (χ1) is 8.74. The van der Waals surface area contributed by atoms with E-state index in [1.54, 1.807) is 17.4 Å². The second kappa shape index (κ2) is 4.82. The van der Waals surface area contributed by atoms with Crippen molar-refractivity contribution in [2.45, 2.75) is 31.8 Å². The van der Waals surface area contributed by atoms with Crippen molar-refractivity contribution in [2.24, 2.45) is 0 Å². The van der Waals surface area contributed by atoms with Crippen molar-refractivity contribution in [3.63, 3.8) is 0 Å². The van der Waals surface area contributed by atoms with Gasteiger partial charge < -0.3 is 5.11 Å². The predicted octanol–water partition coefficient (Wildman–Crippen LogP) is 4.57. The van der Waals surface area contributed by atoms with Crippen LogP contribution in [0.4, 0.5) is 4.39 Å². The standard InChI is InChI=1S/C15H15FOS/c16-12-6-7-13-11(8-12)9-14(18-13)15(17)10-4-2-1-3-5-10/h4,6-9,15,17H,1-3,5H2. The molecule has 2 aromatic rings. The van der Waals surface area contributed by atoms with Crippen LogP contribution in [0.15, 0.2) is 35.9 Å². The van der Waals surface area contributed by atoms with Crippen molar-refractivity contribution in [3.8, 4) is 0 Å². The fourth-order valence-corrected chi connectivity index (χ4v) is 3.54. The average molecular weight is 262 g/mol. The van der Waals surface area contributed by atoms with Gasteiger partial charge in [0.25, 0.3) is 0 Å². The summed E-state index contributed by atoms with van der Waals surface area (Å²) in [5.74, 6) is -0.224. The fraction of sp³-hybridized carbons (Fsp3) is 0.333. The van der Waals surface area contributed by atoms with Gasteiger partial charge >= 0.3 is 0 Å². The molecule has 1 heterocycles. The van der Waals surface area contributed by atoms with Crippen LogP contribution in [0.2, 0.25) is 0 Å². The smallest absolute Gasteiger partial charge is 0.123 e. The van der Waals surface area contributed by atoms with Crippen LogP contribution in [0.5, 0.6) is 0 Å². The first-order valence-electron chi connectivity index (χ1n) is 6.30. The van der Waals surface area contributed by atoms with Gasteiger partial charge in [0.2, 0.25) is 0 Å². The van der Waals surface area contributed by atoms with E-state index in [9.17, 15) is 9.50 Å². The van der Waals surface area contributed by atoms with Crippen molar-refractivity contribution in [1.29, 1.82) is 0 Å². The zero-order valence-electron chi connectivity index (χ0n) is 10.0. The number of thiophene rings is 1. The number of benzene rings is 1. The molecule has 94 valence electrons. The normalized spacial score (nSPS) is 17.8. The molecule has 1 aromatic carbocycles. The zero-order chi connectivity index (χ0) is 12.5. The molecule has 0 radical (unpaired) electrons. The molecule has 0 aliphatic heterocycles. The maximum Gasteiger partial charge on any atom is 0.123 e. The van der Waals surface area contributed by atoms with Crippen molar-refractivity contribution >= 4 is 21.4 Å². The quantitative estimate of drug-likeness (QED) is 0.786. The zero-order valence-corrected chi connectivity index (χ0v) is 10.8. The highest BCUT2D eigenvalue weighted by atomic mass is 32.1. The molecule has 0 saturated carbocycles. The van der Waals surface area contributed by atoms with Gasteiger partial charge in [-0.1, -0.05) is 6.08 Å². The lowest BCUT2D eigenvalue weighted by Gasteiger charge is -2.17. The van der Waals surface area contributed by atoms with Crippen LogP contribution in [0.3, 0.4) is 0 Å². The highest BCUT2D eigenvalue weighted by Crippen LogP contribution is 2.36. The summed E-state index contributed by atoms with van der Waals surface area (Å²) in [5.41, 5.74) is 1.12. The van der Waals surface area contributed by atoms with Crippen LogP contribution in [0.1, 0.15) is 36.7 Å². The molecule has 0 fully saturated rings. The largest absolute Gasteiger partial charge is 0.383 e. The summed E-state index contributed by atoms with van der Waals surface area (Å²) in [5, 5.41) is 11.2. The lowest BCUT2D eigenvalue weighted by atomic mass is 9.95. The molecular formula is C15H15FOS. The van der Waals surface area contributed by atoms with E-state index in [0.29, 0.717) is 0 Å². The Balaban J connectivity index is 1.96. The molecule has 0 bridgehead atoms. The molecule has 1 N–H and O–H groups in total. The molecule has 3 heteroatoms. The number of hydrogen-bond donors (Lipinski definition) is 1. The van der Waals surface area contributed by atoms with Gasteiger partial charge in [-0.3, -0.25) is 0 Å². The third kappa shape index (κ3) is 2.20. The number of hydrogen-bond acceptors (Lipinski definition) is 2. The van der Waals surface area contributed by atoms with Gasteiger partial charge in [0.15, 0.2) is 0 Å². The Hall–Kier alpha value is -1.19. The molecule has 18 heavy (non-hydrogen) atoms. The molecule has 1 aliphatic rings. The first-order valence-corrected chi connectivity index (χ1v) is 7.12. The van der Waals surface area contributed by atoms with E-state index in [4.69, 9.17) is 0 Å². The summed E-state index contributed by atoms with van der Waals surface area (Å²) >= 11 is 1.55. The topological polar surface area (TPSA) is 20.2 Å². The van der Waals surface area contributed by atoms with Gasteiger partial charge in [-0.25, -0.2) is 4.39 Å². The van der Waals surface area contributed by atoms with E-state index < -0.39 is 6.10 Å². The van der Waals surface area contributed by atoms with E-state index in [0.717, 1.165) is 39.8 Å². The van der Waals surface area contributed by atoms with Gasteiger partial charge in [-0.15, -0.1) is 11.3 Å². The predicted molar refractivity (Wildman–Crippen MR) is 73.3 cm³/mol. The molecule has 1 nitrogen and oxygen atoms in total. The SMILES string of the molecule is OC(C1=CCCCC1)c1cc2cc(F)ccc2s1. The summed E-state index contributed by atoms with van der Waals surface area (Å²) in [6, 6.07) is 6.68. The fourth-order valence-electron chi connectivity index (χ4n) is 2.46.